The lowest BCUT2D eigenvalue weighted by Crippen LogP contribution is -2.33. The standard InChI is InChI=1S/C17H20ClFN4O.ClH/c18-17-6-11(5-13(8-20)23-17)9-22-12-1-2-14(15(19)7-12)16-10-21-3-4-24-16;/h1-2,5-7,16,21-22H,3-4,8-10,20H2;1H/t16-;/m1./s1. The molecule has 136 valence electrons. The highest BCUT2D eigenvalue weighted by atomic mass is 35.5. The number of pyridine rings is 1. The van der Waals surface area contributed by atoms with Crippen molar-refractivity contribution in [1.29, 1.82) is 0 Å². The van der Waals surface area contributed by atoms with Crippen LogP contribution in [0.5, 0.6) is 0 Å². The molecule has 1 aromatic carbocycles. The van der Waals surface area contributed by atoms with Crippen molar-refractivity contribution < 1.29 is 9.13 Å². The summed E-state index contributed by atoms with van der Waals surface area (Å²) in [6.45, 7) is 2.86. The molecular formula is C17H21Cl2FN4O. The lowest BCUT2D eigenvalue weighted by atomic mass is 10.1. The van der Waals surface area contributed by atoms with Crippen LogP contribution in [0.2, 0.25) is 5.15 Å². The van der Waals surface area contributed by atoms with Crippen LogP contribution in [0.1, 0.15) is 22.9 Å². The average molecular weight is 387 g/mol. The van der Waals surface area contributed by atoms with Crippen molar-refractivity contribution in [1.82, 2.24) is 10.3 Å². The van der Waals surface area contributed by atoms with Crippen LogP contribution < -0.4 is 16.4 Å². The maximum Gasteiger partial charge on any atom is 0.131 e. The monoisotopic (exact) mass is 386 g/mol. The van der Waals surface area contributed by atoms with E-state index in [9.17, 15) is 4.39 Å². The third-order valence-electron chi connectivity index (χ3n) is 3.89. The number of morpholine rings is 1. The average Bonchev–Trinajstić information content (AvgIpc) is 2.60. The summed E-state index contributed by atoms with van der Waals surface area (Å²) in [5.41, 5.74) is 8.53. The first-order chi connectivity index (χ1) is 11.7. The second kappa shape index (κ2) is 9.31. The molecule has 1 aromatic heterocycles. The quantitative estimate of drug-likeness (QED) is 0.688. The van der Waals surface area contributed by atoms with Crippen LogP contribution in [0.15, 0.2) is 30.3 Å². The molecule has 3 rings (SSSR count). The Labute approximate surface area is 157 Å². The highest BCUT2D eigenvalue weighted by Crippen LogP contribution is 2.24. The summed E-state index contributed by atoms with van der Waals surface area (Å²) in [5, 5.41) is 6.79. The van der Waals surface area contributed by atoms with E-state index in [0.29, 0.717) is 42.6 Å². The second-order valence-electron chi connectivity index (χ2n) is 5.65. The van der Waals surface area contributed by atoms with Gasteiger partial charge in [-0.05, 0) is 29.8 Å². The number of aromatic nitrogens is 1. The first-order valence-corrected chi connectivity index (χ1v) is 8.24. The van der Waals surface area contributed by atoms with Gasteiger partial charge in [0.2, 0.25) is 0 Å². The summed E-state index contributed by atoms with van der Waals surface area (Å²) in [7, 11) is 0. The molecule has 0 spiro atoms. The molecule has 0 bridgehead atoms. The van der Waals surface area contributed by atoms with E-state index in [1.807, 2.05) is 12.1 Å². The minimum Gasteiger partial charge on any atom is -0.381 e. The largest absolute Gasteiger partial charge is 0.381 e. The van der Waals surface area contributed by atoms with Gasteiger partial charge in [-0.3, -0.25) is 0 Å². The molecule has 25 heavy (non-hydrogen) atoms. The molecule has 8 heteroatoms. The Morgan fingerprint density at radius 2 is 2.20 bits per heavy atom. The molecule has 5 nitrogen and oxygen atoms in total. The second-order valence-corrected chi connectivity index (χ2v) is 6.03. The van der Waals surface area contributed by atoms with E-state index in [0.717, 1.165) is 17.8 Å². The zero-order valence-electron chi connectivity index (χ0n) is 13.6. The summed E-state index contributed by atoms with van der Waals surface area (Å²) in [5.74, 6) is -0.274. The molecule has 1 fully saturated rings. The fourth-order valence-electron chi connectivity index (χ4n) is 2.68. The molecule has 0 aliphatic carbocycles. The zero-order valence-corrected chi connectivity index (χ0v) is 15.2. The van der Waals surface area contributed by atoms with E-state index in [4.69, 9.17) is 22.1 Å². The van der Waals surface area contributed by atoms with E-state index in [-0.39, 0.29) is 24.3 Å². The maximum absolute atomic E-state index is 14.3. The molecule has 1 saturated heterocycles. The highest BCUT2D eigenvalue weighted by Gasteiger charge is 2.19. The van der Waals surface area contributed by atoms with Crippen LogP contribution >= 0.6 is 24.0 Å². The number of benzene rings is 1. The Balaban J connectivity index is 0.00000225. The van der Waals surface area contributed by atoms with E-state index in [1.165, 1.54) is 6.07 Å². The Hall–Kier alpha value is -1.44. The van der Waals surface area contributed by atoms with Crippen molar-refractivity contribution in [3.05, 3.63) is 58.1 Å². The minimum atomic E-state index is -0.274. The molecular weight excluding hydrogens is 366 g/mol. The number of rotatable bonds is 5. The number of ether oxygens (including phenoxy) is 1. The fraction of sp³-hybridized carbons (Fsp3) is 0.353. The first-order valence-electron chi connectivity index (χ1n) is 7.87. The predicted molar refractivity (Wildman–Crippen MR) is 99.7 cm³/mol. The summed E-state index contributed by atoms with van der Waals surface area (Å²) < 4.78 is 19.9. The SMILES string of the molecule is Cl.NCc1cc(CNc2ccc([C@H]3CNCCO3)c(F)c2)cc(Cl)n1. The lowest BCUT2D eigenvalue weighted by molar-refractivity contribution is 0.0255. The van der Waals surface area contributed by atoms with E-state index in [1.54, 1.807) is 12.1 Å². The molecule has 0 radical (unpaired) electrons. The van der Waals surface area contributed by atoms with Crippen LogP contribution in [0.4, 0.5) is 10.1 Å². The third-order valence-corrected chi connectivity index (χ3v) is 4.08. The fourth-order valence-corrected chi connectivity index (χ4v) is 2.93. The van der Waals surface area contributed by atoms with Gasteiger partial charge >= 0.3 is 0 Å². The summed E-state index contributed by atoms with van der Waals surface area (Å²) in [6, 6.07) is 8.74. The molecule has 0 amide bonds. The van der Waals surface area contributed by atoms with Gasteiger partial charge in [-0.15, -0.1) is 12.4 Å². The molecule has 4 N–H and O–H groups in total. The van der Waals surface area contributed by atoms with E-state index in [2.05, 4.69) is 15.6 Å². The number of hydrogen-bond donors (Lipinski definition) is 3. The highest BCUT2D eigenvalue weighted by molar-refractivity contribution is 6.29. The number of nitrogens with zero attached hydrogens (tertiary/aromatic N) is 1. The number of anilines is 1. The van der Waals surface area contributed by atoms with Crippen LogP contribution in [0.25, 0.3) is 0 Å². The molecule has 2 aromatic rings. The van der Waals surface area contributed by atoms with Crippen molar-refractivity contribution in [3.8, 4) is 0 Å². The van der Waals surface area contributed by atoms with Crippen LogP contribution in [-0.2, 0) is 17.8 Å². The normalized spacial score (nSPS) is 17.0. The smallest absolute Gasteiger partial charge is 0.131 e. The van der Waals surface area contributed by atoms with Gasteiger partial charge < -0.3 is 21.1 Å². The summed E-state index contributed by atoms with van der Waals surface area (Å²) >= 11 is 5.97. The Morgan fingerprint density at radius 1 is 1.36 bits per heavy atom. The van der Waals surface area contributed by atoms with Crippen molar-refractivity contribution in [2.45, 2.75) is 19.2 Å². The Morgan fingerprint density at radius 3 is 2.88 bits per heavy atom. The van der Waals surface area contributed by atoms with Crippen LogP contribution in [0, 0.1) is 5.82 Å². The molecule has 1 aliphatic rings. The first kappa shape index (κ1) is 19.9. The van der Waals surface area contributed by atoms with Crippen molar-refractivity contribution in [3.63, 3.8) is 0 Å². The molecule has 0 saturated carbocycles. The number of halogens is 3. The Kier molecular flexibility index (Phi) is 7.40. The maximum atomic E-state index is 14.3. The van der Waals surface area contributed by atoms with Gasteiger partial charge in [-0.2, -0.15) is 0 Å². The van der Waals surface area contributed by atoms with Gasteiger partial charge in [-0.25, -0.2) is 9.37 Å². The summed E-state index contributed by atoms with van der Waals surface area (Å²) in [4.78, 5) is 4.12. The number of nitrogens with two attached hydrogens (primary N) is 1. The van der Waals surface area contributed by atoms with Gasteiger partial charge in [0, 0.05) is 37.4 Å². The van der Waals surface area contributed by atoms with Gasteiger partial charge in [0.05, 0.1) is 18.4 Å². The lowest BCUT2D eigenvalue weighted by Gasteiger charge is -2.24. The van der Waals surface area contributed by atoms with Gasteiger partial charge in [0.1, 0.15) is 11.0 Å². The van der Waals surface area contributed by atoms with Crippen molar-refractivity contribution in [2.24, 2.45) is 5.73 Å². The number of nitrogens with one attached hydrogen (secondary N) is 2. The molecule has 1 atom stereocenters. The Bertz CT molecular complexity index is 711. The van der Waals surface area contributed by atoms with Crippen molar-refractivity contribution in [2.75, 3.05) is 25.0 Å². The van der Waals surface area contributed by atoms with Crippen LogP contribution in [-0.4, -0.2) is 24.7 Å². The van der Waals surface area contributed by atoms with E-state index < -0.39 is 0 Å². The topological polar surface area (TPSA) is 72.2 Å². The van der Waals surface area contributed by atoms with Gasteiger partial charge in [0.15, 0.2) is 0 Å². The minimum absolute atomic E-state index is 0. The molecule has 0 unspecified atom stereocenters. The van der Waals surface area contributed by atoms with Crippen LogP contribution in [0.3, 0.4) is 0 Å². The summed E-state index contributed by atoms with van der Waals surface area (Å²) in [6.07, 6.45) is -0.237. The molecule has 1 aliphatic heterocycles. The molecule has 2 heterocycles. The zero-order chi connectivity index (χ0) is 16.9. The number of hydrogen-bond acceptors (Lipinski definition) is 5. The predicted octanol–water partition coefficient (Wildman–Crippen LogP) is 3.03. The van der Waals surface area contributed by atoms with Gasteiger partial charge in [-0.1, -0.05) is 17.7 Å². The van der Waals surface area contributed by atoms with Gasteiger partial charge in [0.25, 0.3) is 0 Å². The van der Waals surface area contributed by atoms with Crippen molar-refractivity contribution >= 4 is 29.7 Å². The third kappa shape index (κ3) is 5.26. The van der Waals surface area contributed by atoms with E-state index >= 15 is 0 Å².